The molecule has 5 aromatic rings. The number of hydrogen-bond donors (Lipinski definition) is 0. The maximum absolute atomic E-state index is 14.1. The molecular formula is C34H22Cl2N2O3S. The van der Waals surface area contributed by atoms with E-state index >= 15 is 0 Å². The van der Waals surface area contributed by atoms with Crippen LogP contribution in [0.3, 0.4) is 0 Å². The van der Waals surface area contributed by atoms with Crippen LogP contribution < -0.4 is 14.5 Å². The summed E-state index contributed by atoms with van der Waals surface area (Å²) in [7, 11) is 0. The Balaban J connectivity index is 1.50. The monoisotopic (exact) mass is 608 g/mol. The number of carbonyl (C=O) groups excluding carboxylic acids is 2. The molecule has 0 unspecified atom stereocenters. The number of fused-ring (bicyclic) bond motifs is 1. The zero-order chi connectivity index (χ0) is 29.2. The van der Waals surface area contributed by atoms with E-state index in [4.69, 9.17) is 40.2 Å². The minimum absolute atomic E-state index is 0.0537. The summed E-state index contributed by atoms with van der Waals surface area (Å²) in [5.41, 5.74) is 2.39. The summed E-state index contributed by atoms with van der Waals surface area (Å²) in [6.07, 6.45) is 1.60. The number of para-hydroxylation sites is 2. The van der Waals surface area contributed by atoms with Crippen LogP contribution in [0, 0.1) is 0 Å². The van der Waals surface area contributed by atoms with Gasteiger partial charge < -0.3 is 4.74 Å². The zero-order valence-electron chi connectivity index (χ0n) is 22.0. The van der Waals surface area contributed by atoms with Crippen molar-refractivity contribution in [3.05, 3.63) is 142 Å². The van der Waals surface area contributed by atoms with Gasteiger partial charge in [0.1, 0.15) is 17.9 Å². The van der Waals surface area contributed by atoms with E-state index in [2.05, 4.69) is 0 Å². The summed E-state index contributed by atoms with van der Waals surface area (Å²) in [5, 5.41) is 2.82. The van der Waals surface area contributed by atoms with Gasteiger partial charge in [0.25, 0.3) is 11.8 Å². The quantitative estimate of drug-likeness (QED) is 0.110. The van der Waals surface area contributed by atoms with E-state index in [1.165, 1.54) is 9.80 Å². The maximum Gasteiger partial charge on any atom is 0.270 e. The third-order valence-corrected chi connectivity index (χ3v) is 7.85. The molecule has 0 radical (unpaired) electrons. The van der Waals surface area contributed by atoms with Crippen LogP contribution in [0.15, 0.2) is 121 Å². The second kappa shape index (κ2) is 11.8. The van der Waals surface area contributed by atoms with Crippen LogP contribution in [0.1, 0.15) is 11.1 Å². The van der Waals surface area contributed by atoms with Crippen LogP contribution >= 0.6 is 35.4 Å². The lowest BCUT2D eigenvalue weighted by Gasteiger charge is -2.36. The molecule has 0 N–H and O–H groups in total. The minimum atomic E-state index is -0.525. The average molecular weight is 610 g/mol. The highest BCUT2D eigenvalue weighted by molar-refractivity contribution is 7.81. The molecule has 6 rings (SSSR count). The van der Waals surface area contributed by atoms with Crippen LogP contribution in [-0.4, -0.2) is 16.9 Å². The standard InChI is InChI=1S/C34H22Cl2N2O3S/c35-24-17-15-23(30(36)19-24)21-41-31-18-16-22-9-7-8-14-27(22)28(31)20-29-32(39)37(25-10-3-1-4-11-25)34(42)38(33(29)40)26-12-5-2-6-13-26/h1-20H,21H2. The number of anilines is 2. The van der Waals surface area contributed by atoms with Crippen molar-refractivity contribution in [2.75, 3.05) is 9.80 Å². The highest BCUT2D eigenvalue weighted by Gasteiger charge is 2.41. The van der Waals surface area contributed by atoms with Gasteiger partial charge in [0.2, 0.25) is 0 Å². The van der Waals surface area contributed by atoms with Crippen molar-refractivity contribution >= 4 is 80.6 Å². The first-order valence-corrected chi connectivity index (χ1v) is 14.2. The molecule has 8 heteroatoms. The molecule has 0 aliphatic carbocycles. The molecule has 0 spiro atoms. The molecule has 1 heterocycles. The topological polar surface area (TPSA) is 49.9 Å². The fourth-order valence-electron chi connectivity index (χ4n) is 4.83. The second-order valence-corrected chi connectivity index (χ2v) is 10.7. The molecule has 206 valence electrons. The Labute approximate surface area is 258 Å². The predicted molar refractivity (Wildman–Crippen MR) is 173 cm³/mol. The maximum atomic E-state index is 14.1. The van der Waals surface area contributed by atoms with Crippen LogP contribution in [-0.2, 0) is 16.2 Å². The fourth-order valence-corrected chi connectivity index (χ4v) is 5.67. The summed E-state index contributed by atoms with van der Waals surface area (Å²) in [6, 6.07) is 34.8. The van der Waals surface area contributed by atoms with Gasteiger partial charge in [-0.25, -0.2) is 0 Å². The summed E-state index contributed by atoms with van der Waals surface area (Å²) in [5.74, 6) is -0.565. The number of rotatable bonds is 6. The van der Waals surface area contributed by atoms with Gasteiger partial charge in [-0.3, -0.25) is 19.4 Å². The highest BCUT2D eigenvalue weighted by Crippen LogP contribution is 2.35. The number of nitrogens with zero attached hydrogens (tertiary/aromatic N) is 2. The molecule has 0 saturated carbocycles. The first-order chi connectivity index (χ1) is 20.4. The molecule has 1 aliphatic heterocycles. The molecule has 1 aliphatic rings. The smallest absolute Gasteiger partial charge is 0.270 e. The Bertz CT molecular complexity index is 1810. The Kier molecular flexibility index (Phi) is 7.76. The van der Waals surface area contributed by atoms with E-state index in [0.29, 0.717) is 32.7 Å². The highest BCUT2D eigenvalue weighted by atomic mass is 35.5. The van der Waals surface area contributed by atoms with Crippen molar-refractivity contribution in [2.24, 2.45) is 0 Å². The lowest BCUT2D eigenvalue weighted by atomic mass is 9.99. The third-order valence-electron chi connectivity index (χ3n) is 6.90. The molecule has 2 amide bonds. The number of hydrogen-bond acceptors (Lipinski definition) is 4. The predicted octanol–water partition coefficient (Wildman–Crippen LogP) is 8.47. The van der Waals surface area contributed by atoms with Crippen LogP contribution in [0.4, 0.5) is 11.4 Å². The van der Waals surface area contributed by atoms with E-state index in [9.17, 15) is 9.59 Å². The molecular weight excluding hydrogens is 587 g/mol. The van der Waals surface area contributed by atoms with E-state index in [1.807, 2.05) is 72.8 Å². The van der Waals surface area contributed by atoms with Gasteiger partial charge in [0, 0.05) is 21.2 Å². The van der Waals surface area contributed by atoms with Gasteiger partial charge in [-0.1, -0.05) is 96.0 Å². The minimum Gasteiger partial charge on any atom is -0.488 e. The summed E-state index contributed by atoms with van der Waals surface area (Å²) in [6.45, 7) is 0.156. The van der Waals surface area contributed by atoms with Gasteiger partial charge in [-0.05, 0) is 71.5 Å². The van der Waals surface area contributed by atoms with E-state index < -0.39 is 11.8 Å². The number of carbonyl (C=O) groups is 2. The summed E-state index contributed by atoms with van der Waals surface area (Å²) in [4.78, 5) is 30.9. The lowest BCUT2D eigenvalue weighted by Crippen LogP contribution is -2.56. The van der Waals surface area contributed by atoms with E-state index in [-0.39, 0.29) is 17.3 Å². The SMILES string of the molecule is O=C1C(=Cc2c(OCc3ccc(Cl)cc3Cl)ccc3ccccc23)C(=O)N(c2ccccc2)C(=S)N1c1ccccc1. The Hall–Kier alpha value is -4.49. The zero-order valence-corrected chi connectivity index (χ0v) is 24.4. The normalized spacial score (nSPS) is 13.6. The molecule has 1 fully saturated rings. The molecule has 42 heavy (non-hydrogen) atoms. The molecule has 0 atom stereocenters. The molecule has 5 aromatic carbocycles. The van der Waals surface area contributed by atoms with E-state index in [0.717, 1.165) is 16.3 Å². The van der Waals surface area contributed by atoms with Crippen molar-refractivity contribution in [3.63, 3.8) is 0 Å². The van der Waals surface area contributed by atoms with Gasteiger partial charge in [-0.15, -0.1) is 0 Å². The molecule has 5 nitrogen and oxygen atoms in total. The number of benzene rings is 5. The largest absolute Gasteiger partial charge is 0.488 e. The average Bonchev–Trinajstić information content (AvgIpc) is 3.00. The summed E-state index contributed by atoms with van der Waals surface area (Å²) < 4.78 is 6.26. The summed E-state index contributed by atoms with van der Waals surface area (Å²) >= 11 is 18.2. The van der Waals surface area contributed by atoms with Crippen molar-refractivity contribution in [1.29, 1.82) is 0 Å². The lowest BCUT2D eigenvalue weighted by molar-refractivity contribution is -0.120. The van der Waals surface area contributed by atoms with Gasteiger partial charge >= 0.3 is 0 Å². The van der Waals surface area contributed by atoms with Crippen molar-refractivity contribution in [1.82, 2.24) is 0 Å². The van der Waals surface area contributed by atoms with Crippen LogP contribution in [0.25, 0.3) is 16.8 Å². The first-order valence-electron chi connectivity index (χ1n) is 13.1. The Morgan fingerprint density at radius 3 is 1.93 bits per heavy atom. The Morgan fingerprint density at radius 2 is 1.31 bits per heavy atom. The van der Waals surface area contributed by atoms with Gasteiger partial charge in [0.05, 0.1) is 11.4 Å². The Morgan fingerprint density at radius 1 is 0.714 bits per heavy atom. The number of halogens is 2. The number of amides is 2. The van der Waals surface area contributed by atoms with Crippen molar-refractivity contribution in [3.8, 4) is 5.75 Å². The number of ether oxygens (including phenoxy) is 1. The van der Waals surface area contributed by atoms with Crippen molar-refractivity contribution in [2.45, 2.75) is 6.61 Å². The van der Waals surface area contributed by atoms with Crippen molar-refractivity contribution < 1.29 is 14.3 Å². The van der Waals surface area contributed by atoms with E-state index in [1.54, 1.807) is 48.5 Å². The number of thiocarbonyl (C=S) groups is 1. The van der Waals surface area contributed by atoms with Crippen LogP contribution in [0.2, 0.25) is 10.0 Å². The molecule has 1 saturated heterocycles. The molecule has 0 aromatic heterocycles. The van der Waals surface area contributed by atoms with Gasteiger partial charge in [0.15, 0.2) is 5.11 Å². The first kappa shape index (κ1) is 27.7. The fraction of sp³-hybridized carbons (Fsp3) is 0.0294. The second-order valence-electron chi connectivity index (χ2n) is 9.52. The van der Waals surface area contributed by atoms with Gasteiger partial charge in [-0.2, -0.15) is 0 Å². The molecule has 0 bridgehead atoms. The third kappa shape index (κ3) is 5.28. The van der Waals surface area contributed by atoms with Crippen LogP contribution in [0.5, 0.6) is 5.75 Å².